The number of benzene rings is 1. The van der Waals surface area contributed by atoms with E-state index in [9.17, 15) is 19.2 Å². The number of rotatable bonds is 17. The molecule has 2 aromatic rings. The molecule has 0 aliphatic carbocycles. The number of aromatic nitrogens is 2. The molecule has 1 aliphatic heterocycles. The highest BCUT2D eigenvalue weighted by Gasteiger charge is 2.29. The van der Waals surface area contributed by atoms with Crippen molar-refractivity contribution in [3.8, 4) is 0 Å². The van der Waals surface area contributed by atoms with E-state index in [1.807, 2.05) is 71.9 Å². The summed E-state index contributed by atoms with van der Waals surface area (Å²) in [6, 6.07) is 11.4. The molecule has 2 N–H and O–H groups in total. The van der Waals surface area contributed by atoms with Gasteiger partial charge in [-0.15, -0.1) is 11.8 Å². The van der Waals surface area contributed by atoms with Gasteiger partial charge in [-0.1, -0.05) is 36.8 Å². The maximum absolute atomic E-state index is 13.0. The van der Waals surface area contributed by atoms with E-state index in [4.69, 9.17) is 24.7 Å². The summed E-state index contributed by atoms with van der Waals surface area (Å²) >= 11 is 1.47. The summed E-state index contributed by atoms with van der Waals surface area (Å²) in [6.07, 6.45) is 5.01. The lowest BCUT2D eigenvalue weighted by Crippen LogP contribution is -2.38. The maximum Gasteiger partial charge on any atom is 0.410 e. The molecule has 0 radical (unpaired) electrons. The normalized spacial score (nSPS) is 16.1. The van der Waals surface area contributed by atoms with Gasteiger partial charge < -0.3 is 34.5 Å². The first-order valence-corrected chi connectivity index (χ1v) is 18.4. The van der Waals surface area contributed by atoms with Crippen LogP contribution >= 0.6 is 11.8 Å². The Hall–Kier alpha value is -3.78. The number of nitrogens with two attached hydrogens (primary N) is 1. The number of ether oxygens (including phenoxy) is 4. The molecule has 1 saturated heterocycles. The standard InChI is InChI=1S/C36H55N5O8S/c1-35(2,3)48-33(44)39(21-14-9-15-22-40(34(45)49-36(4,5)6)24-27-16-10-7-11-17-27)20-13-8-12-18-30(42)46-25-31-47-29(26-50-31)41-23-19-28(37)38-32(41)43/h7,10-11,16-17,19,23,29,31H,8-9,12-15,18,20-22,24-26H2,1-6H3,(H2,37,38,43)/t29-,31+/m0/s1. The largest absolute Gasteiger partial charge is 0.462 e. The molecule has 0 saturated carbocycles. The number of esters is 1. The molecule has 1 aliphatic rings. The maximum atomic E-state index is 13.0. The van der Waals surface area contributed by atoms with Gasteiger partial charge in [-0.3, -0.25) is 9.36 Å². The van der Waals surface area contributed by atoms with Gasteiger partial charge in [0.05, 0.1) is 0 Å². The number of anilines is 1. The number of carbonyl (C=O) groups excluding carboxylic acids is 3. The summed E-state index contributed by atoms with van der Waals surface area (Å²) in [4.78, 5) is 57.6. The third-order valence-corrected chi connectivity index (χ3v) is 8.56. The molecule has 0 unspecified atom stereocenters. The summed E-state index contributed by atoms with van der Waals surface area (Å²) < 4.78 is 24.0. The van der Waals surface area contributed by atoms with Gasteiger partial charge in [-0.2, -0.15) is 4.98 Å². The molecule has 1 aromatic heterocycles. The predicted molar refractivity (Wildman–Crippen MR) is 193 cm³/mol. The van der Waals surface area contributed by atoms with Crippen LogP contribution in [-0.4, -0.2) is 86.1 Å². The minimum Gasteiger partial charge on any atom is -0.462 e. The van der Waals surface area contributed by atoms with Crippen LogP contribution in [0.4, 0.5) is 15.4 Å². The minimum atomic E-state index is -0.617. The molecular weight excluding hydrogens is 662 g/mol. The first-order chi connectivity index (χ1) is 23.6. The molecule has 1 aromatic carbocycles. The van der Waals surface area contributed by atoms with E-state index in [0.29, 0.717) is 44.8 Å². The topological polar surface area (TPSA) is 156 Å². The van der Waals surface area contributed by atoms with E-state index in [0.717, 1.165) is 31.2 Å². The van der Waals surface area contributed by atoms with Crippen LogP contribution in [0.15, 0.2) is 47.4 Å². The second-order valence-electron chi connectivity index (χ2n) is 14.3. The van der Waals surface area contributed by atoms with E-state index in [1.165, 1.54) is 22.4 Å². The van der Waals surface area contributed by atoms with Gasteiger partial charge in [0.25, 0.3) is 0 Å². The average molecular weight is 718 g/mol. The fraction of sp³-hybridized carbons (Fsp3) is 0.639. The molecule has 50 heavy (non-hydrogen) atoms. The average Bonchev–Trinajstić information content (AvgIpc) is 3.49. The Bertz CT molecular complexity index is 1430. The van der Waals surface area contributed by atoms with Gasteiger partial charge in [-0.05, 0) is 85.3 Å². The summed E-state index contributed by atoms with van der Waals surface area (Å²) in [5.74, 6) is 0.358. The second kappa shape index (κ2) is 19.6. The summed E-state index contributed by atoms with van der Waals surface area (Å²) in [7, 11) is 0. The Balaban J connectivity index is 1.38. The monoisotopic (exact) mass is 717 g/mol. The van der Waals surface area contributed by atoms with Crippen LogP contribution in [0.1, 0.15) is 98.3 Å². The zero-order chi connectivity index (χ0) is 36.7. The molecule has 0 spiro atoms. The number of thioether (sulfide) groups is 1. The van der Waals surface area contributed by atoms with Gasteiger partial charge in [-0.25, -0.2) is 14.4 Å². The highest BCUT2D eigenvalue weighted by Crippen LogP contribution is 2.31. The molecule has 278 valence electrons. The van der Waals surface area contributed by atoms with Crippen molar-refractivity contribution in [3.05, 3.63) is 58.6 Å². The molecule has 0 bridgehead atoms. The van der Waals surface area contributed by atoms with Crippen LogP contribution < -0.4 is 11.4 Å². The Kier molecular flexibility index (Phi) is 15.9. The van der Waals surface area contributed by atoms with Crippen molar-refractivity contribution in [2.24, 2.45) is 0 Å². The lowest BCUT2D eigenvalue weighted by atomic mass is 10.1. The van der Waals surface area contributed by atoms with Crippen molar-refractivity contribution in [2.75, 3.05) is 37.7 Å². The Morgan fingerprint density at radius 2 is 1.46 bits per heavy atom. The summed E-state index contributed by atoms with van der Waals surface area (Å²) in [6.45, 7) is 13.2. The van der Waals surface area contributed by atoms with Gasteiger partial charge in [0.15, 0.2) is 0 Å². The van der Waals surface area contributed by atoms with Crippen LogP contribution in [-0.2, 0) is 30.3 Å². The highest BCUT2D eigenvalue weighted by atomic mass is 32.2. The quantitative estimate of drug-likeness (QED) is 0.110. The van der Waals surface area contributed by atoms with Crippen LogP contribution in [0.5, 0.6) is 0 Å². The van der Waals surface area contributed by atoms with Gasteiger partial charge >= 0.3 is 23.8 Å². The number of unbranched alkanes of at least 4 members (excludes halogenated alkanes) is 4. The Labute approximate surface area is 300 Å². The van der Waals surface area contributed by atoms with E-state index < -0.39 is 23.1 Å². The number of hydrogen-bond donors (Lipinski definition) is 1. The van der Waals surface area contributed by atoms with Crippen molar-refractivity contribution < 1.29 is 33.3 Å². The number of carbonyl (C=O) groups is 3. The molecule has 2 heterocycles. The highest BCUT2D eigenvalue weighted by molar-refractivity contribution is 8.00. The summed E-state index contributed by atoms with van der Waals surface area (Å²) in [5, 5.41) is 0. The van der Waals surface area contributed by atoms with Crippen molar-refractivity contribution >= 4 is 35.7 Å². The molecule has 13 nitrogen and oxygen atoms in total. The lowest BCUT2D eigenvalue weighted by Gasteiger charge is -2.28. The zero-order valence-electron chi connectivity index (χ0n) is 30.4. The number of hydrogen-bond acceptors (Lipinski definition) is 11. The third-order valence-electron chi connectivity index (χ3n) is 7.46. The predicted octanol–water partition coefficient (Wildman–Crippen LogP) is 6.36. The summed E-state index contributed by atoms with van der Waals surface area (Å²) in [5.41, 5.74) is 4.52. The second-order valence-corrected chi connectivity index (χ2v) is 15.5. The van der Waals surface area contributed by atoms with E-state index in [2.05, 4.69) is 4.98 Å². The third kappa shape index (κ3) is 15.4. The molecular formula is C36H55N5O8S. The molecule has 1 fully saturated rings. The van der Waals surface area contributed by atoms with Gasteiger partial charge in [0.2, 0.25) is 0 Å². The Morgan fingerprint density at radius 3 is 2.06 bits per heavy atom. The SMILES string of the molecule is CC(C)(C)OC(=O)N(CCCCCC(=O)OC[C@@H]1O[C@H](n2ccc(N)nc2=O)CS1)CCCCCN(Cc1ccccc1)C(=O)OC(C)(C)C. The van der Waals surface area contributed by atoms with Crippen molar-refractivity contribution in [2.45, 2.75) is 116 Å². The lowest BCUT2D eigenvalue weighted by molar-refractivity contribution is -0.147. The van der Waals surface area contributed by atoms with Crippen molar-refractivity contribution in [1.82, 2.24) is 19.4 Å². The Morgan fingerprint density at radius 1 is 0.880 bits per heavy atom. The molecule has 2 amide bonds. The van der Waals surface area contributed by atoms with E-state index in [-0.39, 0.29) is 42.4 Å². The molecule has 2 atom stereocenters. The van der Waals surface area contributed by atoms with Gasteiger partial charge in [0, 0.05) is 44.5 Å². The van der Waals surface area contributed by atoms with Crippen LogP contribution in [0, 0.1) is 0 Å². The van der Waals surface area contributed by atoms with E-state index in [1.54, 1.807) is 16.0 Å². The number of amides is 2. The first kappa shape index (κ1) is 40.6. The van der Waals surface area contributed by atoms with E-state index >= 15 is 0 Å². The first-order valence-electron chi connectivity index (χ1n) is 17.4. The molecule has 14 heteroatoms. The smallest absolute Gasteiger partial charge is 0.410 e. The number of nitrogen functional groups attached to an aromatic ring is 1. The minimum absolute atomic E-state index is 0.0887. The van der Waals surface area contributed by atoms with Crippen molar-refractivity contribution in [1.29, 1.82) is 0 Å². The van der Waals surface area contributed by atoms with Crippen LogP contribution in [0.2, 0.25) is 0 Å². The van der Waals surface area contributed by atoms with Crippen molar-refractivity contribution in [3.63, 3.8) is 0 Å². The fourth-order valence-electron chi connectivity index (χ4n) is 5.07. The van der Waals surface area contributed by atoms with Gasteiger partial charge in [0.1, 0.15) is 35.3 Å². The number of nitrogens with zero attached hydrogens (tertiary/aromatic N) is 4. The van der Waals surface area contributed by atoms with Crippen LogP contribution in [0.25, 0.3) is 0 Å². The zero-order valence-corrected chi connectivity index (χ0v) is 31.2. The van der Waals surface area contributed by atoms with Crippen LogP contribution in [0.3, 0.4) is 0 Å². The molecule has 3 rings (SSSR count). The fourth-order valence-corrected chi connectivity index (χ4v) is 6.06.